The number of carbonyl (C=O) groups is 2. The van der Waals surface area contributed by atoms with E-state index < -0.39 is 0 Å². The lowest BCUT2D eigenvalue weighted by Gasteiger charge is -2.18. The van der Waals surface area contributed by atoms with Crippen LogP contribution in [0.5, 0.6) is 5.75 Å². The fourth-order valence-corrected chi connectivity index (χ4v) is 1.66. The highest BCUT2D eigenvalue weighted by atomic mass is 16.5. The van der Waals surface area contributed by atoms with Crippen LogP contribution in [0.2, 0.25) is 0 Å². The van der Waals surface area contributed by atoms with E-state index in [1.807, 2.05) is 13.8 Å². The topological polar surface area (TPSA) is 79.5 Å². The standard InChI is InChI=1S/C13H17N3O3/c1-8(2)14-6-12(17)15-9-3-4-11-10(5-9)16-13(18)7-19-11/h3-5,8,14H,6-7H2,1-2H3,(H,15,17)(H,16,18). The molecule has 0 aromatic heterocycles. The molecule has 1 heterocycles. The highest BCUT2D eigenvalue weighted by Crippen LogP contribution is 2.30. The van der Waals surface area contributed by atoms with Gasteiger partial charge in [-0.3, -0.25) is 9.59 Å². The Hall–Kier alpha value is -2.08. The van der Waals surface area contributed by atoms with E-state index >= 15 is 0 Å². The van der Waals surface area contributed by atoms with Gasteiger partial charge in [-0.25, -0.2) is 0 Å². The molecule has 1 aromatic rings. The molecule has 0 radical (unpaired) electrons. The highest BCUT2D eigenvalue weighted by molar-refractivity contribution is 5.97. The van der Waals surface area contributed by atoms with Crippen LogP contribution >= 0.6 is 0 Å². The lowest BCUT2D eigenvalue weighted by molar-refractivity contribution is -0.118. The summed E-state index contributed by atoms with van der Waals surface area (Å²) in [5, 5.41) is 8.48. The number of rotatable bonds is 4. The molecule has 6 nitrogen and oxygen atoms in total. The maximum Gasteiger partial charge on any atom is 0.262 e. The number of nitrogens with one attached hydrogen (secondary N) is 3. The minimum absolute atomic E-state index is 0.0248. The number of anilines is 2. The second kappa shape index (κ2) is 5.71. The summed E-state index contributed by atoms with van der Waals surface area (Å²) >= 11 is 0. The Morgan fingerprint density at radius 1 is 1.47 bits per heavy atom. The number of amides is 2. The minimum atomic E-state index is -0.197. The first-order valence-corrected chi connectivity index (χ1v) is 6.14. The molecule has 0 saturated heterocycles. The van der Waals surface area contributed by atoms with Crippen molar-refractivity contribution in [3.63, 3.8) is 0 Å². The first-order chi connectivity index (χ1) is 9.04. The van der Waals surface area contributed by atoms with Crippen LogP contribution < -0.4 is 20.7 Å². The van der Waals surface area contributed by atoms with E-state index in [0.29, 0.717) is 17.1 Å². The molecule has 19 heavy (non-hydrogen) atoms. The maximum absolute atomic E-state index is 11.7. The smallest absolute Gasteiger partial charge is 0.262 e. The maximum atomic E-state index is 11.7. The molecule has 1 aliphatic rings. The zero-order valence-electron chi connectivity index (χ0n) is 10.9. The van der Waals surface area contributed by atoms with Gasteiger partial charge < -0.3 is 20.7 Å². The molecule has 0 spiro atoms. The van der Waals surface area contributed by atoms with Gasteiger partial charge in [0.2, 0.25) is 5.91 Å². The van der Waals surface area contributed by atoms with E-state index in [1.54, 1.807) is 18.2 Å². The van der Waals surface area contributed by atoms with Gasteiger partial charge in [-0.05, 0) is 18.2 Å². The third-order valence-electron chi connectivity index (χ3n) is 2.57. The van der Waals surface area contributed by atoms with Crippen LogP contribution in [0.25, 0.3) is 0 Å². The molecule has 102 valence electrons. The van der Waals surface area contributed by atoms with Crippen LogP contribution in [0.3, 0.4) is 0 Å². The van der Waals surface area contributed by atoms with E-state index in [-0.39, 0.29) is 31.0 Å². The zero-order chi connectivity index (χ0) is 13.8. The van der Waals surface area contributed by atoms with Crippen LogP contribution in [0, 0.1) is 0 Å². The Bertz CT molecular complexity index is 500. The van der Waals surface area contributed by atoms with Gasteiger partial charge in [0.05, 0.1) is 12.2 Å². The molecule has 0 unspecified atom stereocenters. The van der Waals surface area contributed by atoms with Gasteiger partial charge in [0.1, 0.15) is 5.75 Å². The van der Waals surface area contributed by atoms with Gasteiger partial charge in [-0.2, -0.15) is 0 Å². The summed E-state index contributed by atoms with van der Waals surface area (Å²) in [5.41, 5.74) is 1.20. The van der Waals surface area contributed by atoms with Crippen molar-refractivity contribution < 1.29 is 14.3 Å². The van der Waals surface area contributed by atoms with Crippen molar-refractivity contribution in [2.75, 3.05) is 23.8 Å². The number of fused-ring (bicyclic) bond motifs is 1. The van der Waals surface area contributed by atoms with Crippen LogP contribution in [-0.4, -0.2) is 31.0 Å². The third-order valence-corrected chi connectivity index (χ3v) is 2.57. The normalized spacial score (nSPS) is 13.5. The van der Waals surface area contributed by atoms with Gasteiger partial charge in [-0.15, -0.1) is 0 Å². The lowest BCUT2D eigenvalue weighted by atomic mass is 10.2. The number of carbonyl (C=O) groups excluding carboxylic acids is 2. The van der Waals surface area contributed by atoms with Crippen molar-refractivity contribution >= 4 is 23.2 Å². The van der Waals surface area contributed by atoms with Crippen molar-refractivity contribution in [2.45, 2.75) is 19.9 Å². The molecule has 0 fully saturated rings. The van der Waals surface area contributed by atoms with Crippen molar-refractivity contribution in [2.24, 2.45) is 0 Å². The van der Waals surface area contributed by atoms with E-state index in [1.165, 1.54) is 0 Å². The summed E-state index contributed by atoms with van der Waals surface area (Å²) < 4.78 is 5.24. The molecule has 2 amide bonds. The van der Waals surface area contributed by atoms with Crippen LogP contribution in [0.4, 0.5) is 11.4 Å². The van der Waals surface area contributed by atoms with Crippen molar-refractivity contribution in [1.82, 2.24) is 5.32 Å². The fourth-order valence-electron chi connectivity index (χ4n) is 1.66. The Balaban J connectivity index is 2.00. The number of hydrogen-bond donors (Lipinski definition) is 3. The zero-order valence-corrected chi connectivity index (χ0v) is 10.9. The lowest BCUT2D eigenvalue weighted by Crippen LogP contribution is -2.32. The molecular formula is C13H17N3O3. The molecule has 0 saturated carbocycles. The monoisotopic (exact) mass is 263 g/mol. The van der Waals surface area contributed by atoms with Crippen molar-refractivity contribution in [1.29, 1.82) is 0 Å². The average Bonchev–Trinajstić information content (AvgIpc) is 2.36. The van der Waals surface area contributed by atoms with E-state index in [4.69, 9.17) is 4.74 Å². The first kappa shape index (κ1) is 13.4. The quantitative estimate of drug-likeness (QED) is 0.755. The van der Waals surface area contributed by atoms with Gasteiger partial charge in [0, 0.05) is 11.7 Å². The van der Waals surface area contributed by atoms with E-state index in [2.05, 4.69) is 16.0 Å². The molecule has 1 aromatic carbocycles. The SMILES string of the molecule is CC(C)NCC(=O)Nc1ccc2c(c1)NC(=O)CO2. The Kier molecular flexibility index (Phi) is 4.01. The number of benzene rings is 1. The minimum Gasteiger partial charge on any atom is -0.482 e. The number of hydrogen-bond acceptors (Lipinski definition) is 4. The van der Waals surface area contributed by atoms with Crippen molar-refractivity contribution in [3.05, 3.63) is 18.2 Å². The third kappa shape index (κ3) is 3.69. The summed E-state index contributed by atoms with van der Waals surface area (Å²) in [4.78, 5) is 22.9. The second-order valence-corrected chi connectivity index (χ2v) is 4.63. The first-order valence-electron chi connectivity index (χ1n) is 6.14. The molecule has 3 N–H and O–H groups in total. The second-order valence-electron chi connectivity index (χ2n) is 4.63. The Morgan fingerprint density at radius 3 is 3.00 bits per heavy atom. The van der Waals surface area contributed by atoms with Gasteiger partial charge in [0.15, 0.2) is 6.61 Å². The van der Waals surface area contributed by atoms with Crippen LogP contribution in [0.15, 0.2) is 18.2 Å². The van der Waals surface area contributed by atoms with Crippen molar-refractivity contribution in [3.8, 4) is 5.75 Å². The molecule has 0 bridgehead atoms. The molecule has 1 aliphatic heterocycles. The molecule has 2 rings (SSSR count). The summed E-state index contributed by atoms with van der Waals surface area (Å²) in [6, 6.07) is 5.39. The predicted molar refractivity (Wildman–Crippen MR) is 72.3 cm³/mol. The fraction of sp³-hybridized carbons (Fsp3) is 0.385. The largest absolute Gasteiger partial charge is 0.482 e. The van der Waals surface area contributed by atoms with Gasteiger partial charge in [0.25, 0.3) is 5.91 Å². The molecule has 0 atom stereocenters. The number of ether oxygens (including phenoxy) is 1. The summed E-state index contributed by atoms with van der Waals surface area (Å²) in [6.45, 7) is 4.21. The summed E-state index contributed by atoms with van der Waals surface area (Å²) in [5.74, 6) is 0.284. The van der Waals surface area contributed by atoms with Crippen LogP contribution in [0.1, 0.15) is 13.8 Å². The van der Waals surface area contributed by atoms with E-state index in [0.717, 1.165) is 0 Å². The molecule has 0 aliphatic carbocycles. The van der Waals surface area contributed by atoms with Crippen LogP contribution in [-0.2, 0) is 9.59 Å². The molecule has 6 heteroatoms. The van der Waals surface area contributed by atoms with E-state index in [9.17, 15) is 9.59 Å². The Labute approximate surface area is 111 Å². The van der Waals surface area contributed by atoms with Gasteiger partial charge >= 0.3 is 0 Å². The predicted octanol–water partition coefficient (Wildman–Crippen LogP) is 0.954. The van der Waals surface area contributed by atoms with Gasteiger partial charge in [-0.1, -0.05) is 13.8 Å². The summed E-state index contributed by atoms with van der Waals surface area (Å²) in [7, 11) is 0. The Morgan fingerprint density at radius 2 is 2.26 bits per heavy atom. The highest BCUT2D eigenvalue weighted by Gasteiger charge is 2.16. The summed E-state index contributed by atoms with van der Waals surface area (Å²) in [6.07, 6.45) is 0. The molecular weight excluding hydrogens is 246 g/mol. The average molecular weight is 263 g/mol.